The molecule has 1 amide bonds. The topological polar surface area (TPSA) is 45.5 Å². The lowest BCUT2D eigenvalue weighted by atomic mass is 10.2. The fourth-order valence-corrected chi connectivity index (χ4v) is 2.09. The molecule has 2 heterocycles. The van der Waals surface area contributed by atoms with Gasteiger partial charge in [0.25, 0.3) is 5.91 Å². The van der Waals surface area contributed by atoms with Gasteiger partial charge in [-0.05, 0) is 32.0 Å². The zero-order valence-corrected chi connectivity index (χ0v) is 10.1. The van der Waals surface area contributed by atoms with Crippen LogP contribution in [-0.4, -0.2) is 37.0 Å². The minimum atomic E-state index is 0. The van der Waals surface area contributed by atoms with Crippen LogP contribution >= 0.6 is 12.4 Å². The number of rotatable bonds is 3. The van der Waals surface area contributed by atoms with Gasteiger partial charge in [-0.1, -0.05) is 0 Å². The van der Waals surface area contributed by atoms with Crippen molar-refractivity contribution in [3.05, 3.63) is 24.2 Å². The molecule has 1 aliphatic rings. The second-order valence-corrected chi connectivity index (χ2v) is 3.83. The number of hydrogen-bond acceptors (Lipinski definition) is 3. The van der Waals surface area contributed by atoms with E-state index < -0.39 is 0 Å². The van der Waals surface area contributed by atoms with E-state index in [1.165, 1.54) is 6.26 Å². The zero-order chi connectivity index (χ0) is 10.7. The number of halogens is 1. The number of carbonyl (C=O) groups excluding carboxylic acids is 1. The molecule has 1 unspecified atom stereocenters. The molecule has 1 atom stereocenters. The van der Waals surface area contributed by atoms with Crippen LogP contribution in [0.2, 0.25) is 0 Å². The highest BCUT2D eigenvalue weighted by molar-refractivity contribution is 5.91. The fourth-order valence-electron chi connectivity index (χ4n) is 2.09. The highest BCUT2D eigenvalue weighted by Crippen LogP contribution is 2.19. The highest BCUT2D eigenvalue weighted by Gasteiger charge is 2.29. The molecule has 2 rings (SSSR count). The van der Waals surface area contributed by atoms with Gasteiger partial charge in [0.05, 0.1) is 6.26 Å². The molecule has 0 spiro atoms. The summed E-state index contributed by atoms with van der Waals surface area (Å²) < 4.78 is 5.12. The van der Waals surface area contributed by atoms with Crippen molar-refractivity contribution in [3.63, 3.8) is 0 Å². The summed E-state index contributed by atoms with van der Waals surface area (Å²) in [5.41, 5.74) is 0. The zero-order valence-electron chi connectivity index (χ0n) is 9.31. The molecule has 1 aromatic heterocycles. The molecule has 1 aromatic rings. The van der Waals surface area contributed by atoms with Crippen LogP contribution in [0.15, 0.2) is 22.8 Å². The van der Waals surface area contributed by atoms with Gasteiger partial charge in [-0.3, -0.25) is 4.79 Å². The van der Waals surface area contributed by atoms with Crippen LogP contribution < -0.4 is 5.32 Å². The molecule has 4 nitrogen and oxygen atoms in total. The van der Waals surface area contributed by atoms with Crippen molar-refractivity contribution < 1.29 is 9.21 Å². The van der Waals surface area contributed by atoms with Gasteiger partial charge in [0.2, 0.25) is 0 Å². The van der Waals surface area contributed by atoms with Gasteiger partial charge in [-0.15, -0.1) is 12.4 Å². The van der Waals surface area contributed by atoms with Gasteiger partial charge in [-0.25, -0.2) is 0 Å². The number of furan rings is 1. The van der Waals surface area contributed by atoms with Gasteiger partial charge in [-0.2, -0.15) is 0 Å². The van der Waals surface area contributed by atoms with Crippen molar-refractivity contribution in [2.75, 3.05) is 20.1 Å². The first-order valence-corrected chi connectivity index (χ1v) is 5.32. The molecule has 1 aliphatic heterocycles. The first kappa shape index (κ1) is 13.1. The standard InChI is InChI=1S/C11H16N2O2.ClH/c1-12-8-9-4-2-6-13(9)11(14)10-5-3-7-15-10;/h3,5,7,9,12H,2,4,6,8H2,1H3;1H. The van der Waals surface area contributed by atoms with E-state index in [2.05, 4.69) is 5.32 Å². The minimum absolute atomic E-state index is 0. The predicted molar refractivity (Wildman–Crippen MR) is 63.9 cm³/mol. The molecule has 1 N–H and O–H groups in total. The van der Waals surface area contributed by atoms with E-state index in [0.29, 0.717) is 11.8 Å². The average molecular weight is 245 g/mol. The molecule has 90 valence electrons. The van der Waals surface area contributed by atoms with Crippen LogP contribution in [0.1, 0.15) is 23.4 Å². The Morgan fingerprint density at radius 3 is 3.12 bits per heavy atom. The highest BCUT2D eigenvalue weighted by atomic mass is 35.5. The Balaban J connectivity index is 0.00000128. The Bertz CT molecular complexity index is 327. The normalized spacial score (nSPS) is 19.6. The van der Waals surface area contributed by atoms with Gasteiger partial charge in [0.15, 0.2) is 5.76 Å². The van der Waals surface area contributed by atoms with Gasteiger partial charge in [0, 0.05) is 19.1 Å². The lowest BCUT2D eigenvalue weighted by Crippen LogP contribution is -2.40. The van der Waals surface area contributed by atoms with Crippen molar-refractivity contribution in [1.29, 1.82) is 0 Å². The van der Waals surface area contributed by atoms with Crippen LogP contribution in [0, 0.1) is 0 Å². The summed E-state index contributed by atoms with van der Waals surface area (Å²) in [5.74, 6) is 0.454. The van der Waals surface area contributed by atoms with E-state index in [1.807, 2.05) is 11.9 Å². The fraction of sp³-hybridized carbons (Fsp3) is 0.545. The Morgan fingerprint density at radius 2 is 2.50 bits per heavy atom. The molecule has 16 heavy (non-hydrogen) atoms. The molecule has 0 aromatic carbocycles. The number of hydrogen-bond donors (Lipinski definition) is 1. The number of nitrogens with one attached hydrogen (secondary N) is 1. The number of nitrogens with zero attached hydrogens (tertiary/aromatic N) is 1. The van der Waals surface area contributed by atoms with Crippen molar-refractivity contribution in [3.8, 4) is 0 Å². The molecule has 5 heteroatoms. The van der Waals surface area contributed by atoms with Gasteiger partial charge < -0.3 is 14.6 Å². The molecule has 1 saturated heterocycles. The summed E-state index contributed by atoms with van der Waals surface area (Å²) in [6.45, 7) is 1.69. The third-order valence-corrected chi connectivity index (χ3v) is 2.81. The average Bonchev–Trinajstić information content (AvgIpc) is 2.87. The summed E-state index contributed by atoms with van der Waals surface area (Å²) >= 11 is 0. The van der Waals surface area contributed by atoms with Crippen molar-refractivity contribution in [2.24, 2.45) is 0 Å². The minimum Gasteiger partial charge on any atom is -0.459 e. The molecular formula is C11H17ClN2O2. The third-order valence-electron chi connectivity index (χ3n) is 2.81. The number of amides is 1. The summed E-state index contributed by atoms with van der Waals surface area (Å²) in [6.07, 6.45) is 3.70. The number of likely N-dealkylation sites (tertiary alicyclic amines) is 1. The third kappa shape index (κ3) is 2.57. The van der Waals surface area contributed by atoms with Crippen LogP contribution in [0.4, 0.5) is 0 Å². The van der Waals surface area contributed by atoms with E-state index in [1.54, 1.807) is 12.1 Å². The molecule has 0 radical (unpaired) electrons. The first-order chi connectivity index (χ1) is 7.33. The maximum Gasteiger partial charge on any atom is 0.289 e. The van der Waals surface area contributed by atoms with E-state index in [-0.39, 0.29) is 18.3 Å². The molecule has 0 aliphatic carbocycles. The van der Waals surface area contributed by atoms with E-state index >= 15 is 0 Å². The lowest BCUT2D eigenvalue weighted by molar-refractivity contribution is 0.0705. The van der Waals surface area contributed by atoms with Crippen molar-refractivity contribution in [1.82, 2.24) is 10.2 Å². The van der Waals surface area contributed by atoms with Crippen molar-refractivity contribution >= 4 is 18.3 Å². The Morgan fingerprint density at radius 1 is 1.69 bits per heavy atom. The van der Waals surface area contributed by atoms with Crippen LogP contribution in [-0.2, 0) is 0 Å². The second kappa shape index (κ2) is 5.92. The maximum atomic E-state index is 12.0. The van der Waals surface area contributed by atoms with Gasteiger partial charge >= 0.3 is 0 Å². The maximum absolute atomic E-state index is 12.0. The summed E-state index contributed by atoms with van der Waals surface area (Å²) in [7, 11) is 1.91. The Labute approximate surface area is 101 Å². The van der Waals surface area contributed by atoms with Crippen molar-refractivity contribution in [2.45, 2.75) is 18.9 Å². The summed E-state index contributed by atoms with van der Waals surface area (Å²) in [6, 6.07) is 3.78. The SMILES string of the molecule is CNCC1CCCN1C(=O)c1ccco1.Cl. The van der Waals surface area contributed by atoms with Crippen LogP contribution in [0.25, 0.3) is 0 Å². The predicted octanol–water partition coefficient (Wildman–Crippen LogP) is 1.53. The number of likely N-dealkylation sites (N-methyl/N-ethyl adjacent to an activating group) is 1. The molecular weight excluding hydrogens is 228 g/mol. The van der Waals surface area contributed by atoms with Crippen LogP contribution in [0.3, 0.4) is 0 Å². The van der Waals surface area contributed by atoms with E-state index in [0.717, 1.165) is 25.9 Å². The van der Waals surface area contributed by atoms with Crippen LogP contribution in [0.5, 0.6) is 0 Å². The molecule has 1 fully saturated rings. The Hall–Kier alpha value is -1.00. The Kier molecular flexibility index (Phi) is 4.83. The lowest BCUT2D eigenvalue weighted by Gasteiger charge is -2.23. The second-order valence-electron chi connectivity index (χ2n) is 3.83. The summed E-state index contributed by atoms with van der Waals surface area (Å²) in [4.78, 5) is 13.9. The summed E-state index contributed by atoms with van der Waals surface area (Å²) in [5, 5.41) is 3.12. The number of carbonyl (C=O) groups is 1. The van der Waals surface area contributed by atoms with E-state index in [4.69, 9.17) is 4.42 Å². The van der Waals surface area contributed by atoms with Gasteiger partial charge in [0.1, 0.15) is 0 Å². The van der Waals surface area contributed by atoms with E-state index in [9.17, 15) is 4.79 Å². The smallest absolute Gasteiger partial charge is 0.289 e. The molecule has 0 bridgehead atoms. The molecule has 0 saturated carbocycles. The monoisotopic (exact) mass is 244 g/mol. The quantitative estimate of drug-likeness (QED) is 0.877. The first-order valence-electron chi connectivity index (χ1n) is 5.32. The largest absolute Gasteiger partial charge is 0.459 e.